The van der Waals surface area contributed by atoms with Crippen LogP contribution in [0.2, 0.25) is 0 Å². The average Bonchev–Trinajstić information content (AvgIpc) is 3.15. The van der Waals surface area contributed by atoms with E-state index in [-0.39, 0.29) is 0 Å². The van der Waals surface area contributed by atoms with Crippen LogP contribution in [0.1, 0.15) is 45.1 Å². The molecular weight excluding hydrogens is 386 g/mol. The standard InChI is InChI=1S/C26H35N3O2/c1-16(2)25-21-15-19(27-20-11-12-29(4)17(3)13-20)8-9-22(21)28-26(25)18-7-10-23(30-5)24(14-18)31-6/h7-10,14-17,20,27-28H,11-13H2,1-6H3. The Morgan fingerprint density at radius 3 is 2.52 bits per heavy atom. The molecular formula is C26H35N3O2. The highest BCUT2D eigenvalue weighted by atomic mass is 16.5. The number of anilines is 1. The summed E-state index contributed by atoms with van der Waals surface area (Å²) in [4.78, 5) is 6.11. The Labute approximate surface area is 185 Å². The van der Waals surface area contributed by atoms with E-state index >= 15 is 0 Å². The number of fused-ring (bicyclic) bond motifs is 1. The molecule has 2 aromatic carbocycles. The topological polar surface area (TPSA) is 49.5 Å². The van der Waals surface area contributed by atoms with Gasteiger partial charge >= 0.3 is 0 Å². The predicted molar refractivity (Wildman–Crippen MR) is 130 cm³/mol. The molecule has 0 aliphatic carbocycles. The van der Waals surface area contributed by atoms with E-state index in [2.05, 4.69) is 73.4 Å². The maximum atomic E-state index is 5.54. The Hall–Kier alpha value is -2.66. The maximum Gasteiger partial charge on any atom is 0.161 e. The van der Waals surface area contributed by atoms with Gasteiger partial charge in [0.2, 0.25) is 0 Å². The number of aromatic amines is 1. The van der Waals surface area contributed by atoms with Crippen molar-refractivity contribution >= 4 is 16.6 Å². The van der Waals surface area contributed by atoms with Crippen molar-refractivity contribution in [1.82, 2.24) is 9.88 Å². The fraction of sp³-hybridized carbons (Fsp3) is 0.462. The highest BCUT2D eigenvalue weighted by Gasteiger charge is 2.23. The van der Waals surface area contributed by atoms with Crippen molar-refractivity contribution in [1.29, 1.82) is 0 Å². The second kappa shape index (κ2) is 8.83. The zero-order valence-electron chi connectivity index (χ0n) is 19.6. The molecule has 2 atom stereocenters. The minimum absolute atomic E-state index is 0.385. The first kappa shape index (κ1) is 21.6. The Morgan fingerprint density at radius 1 is 1.06 bits per heavy atom. The summed E-state index contributed by atoms with van der Waals surface area (Å²) in [6, 6.07) is 14.0. The molecule has 5 heteroatoms. The van der Waals surface area contributed by atoms with E-state index < -0.39 is 0 Å². The molecule has 2 heterocycles. The molecule has 0 bridgehead atoms. The van der Waals surface area contributed by atoms with Gasteiger partial charge in [0, 0.05) is 40.8 Å². The molecule has 0 amide bonds. The van der Waals surface area contributed by atoms with Gasteiger partial charge in [-0.3, -0.25) is 0 Å². The van der Waals surface area contributed by atoms with E-state index in [4.69, 9.17) is 9.47 Å². The largest absolute Gasteiger partial charge is 0.493 e. The van der Waals surface area contributed by atoms with E-state index in [1.165, 1.54) is 29.5 Å². The van der Waals surface area contributed by atoms with Crippen molar-refractivity contribution in [2.75, 3.05) is 33.1 Å². The number of H-pyrrole nitrogens is 1. The number of nitrogens with one attached hydrogen (secondary N) is 2. The summed E-state index contributed by atoms with van der Waals surface area (Å²) >= 11 is 0. The van der Waals surface area contributed by atoms with Crippen molar-refractivity contribution in [2.45, 2.75) is 51.6 Å². The van der Waals surface area contributed by atoms with Crippen LogP contribution in [0.5, 0.6) is 11.5 Å². The van der Waals surface area contributed by atoms with Gasteiger partial charge in [-0.05, 0) is 74.7 Å². The molecule has 1 aromatic heterocycles. The van der Waals surface area contributed by atoms with Gasteiger partial charge in [-0.15, -0.1) is 0 Å². The smallest absolute Gasteiger partial charge is 0.161 e. The Morgan fingerprint density at radius 2 is 1.84 bits per heavy atom. The van der Waals surface area contributed by atoms with Crippen LogP contribution in [0, 0.1) is 0 Å². The molecule has 5 nitrogen and oxygen atoms in total. The van der Waals surface area contributed by atoms with Crippen molar-refractivity contribution < 1.29 is 9.47 Å². The molecule has 1 saturated heterocycles. The fourth-order valence-electron chi connectivity index (χ4n) is 4.78. The second-order valence-electron chi connectivity index (χ2n) is 9.09. The summed E-state index contributed by atoms with van der Waals surface area (Å²) in [6.45, 7) is 7.97. The van der Waals surface area contributed by atoms with Gasteiger partial charge < -0.3 is 24.7 Å². The Kier molecular flexibility index (Phi) is 6.15. The summed E-state index contributed by atoms with van der Waals surface area (Å²) in [7, 11) is 5.56. The minimum Gasteiger partial charge on any atom is -0.493 e. The summed E-state index contributed by atoms with van der Waals surface area (Å²) in [5.74, 6) is 1.87. The van der Waals surface area contributed by atoms with E-state index in [9.17, 15) is 0 Å². The average molecular weight is 422 g/mol. The number of hydrogen-bond acceptors (Lipinski definition) is 4. The SMILES string of the molecule is COc1ccc(-c2[nH]c3ccc(NC4CCN(C)C(C)C4)cc3c2C(C)C)cc1OC. The van der Waals surface area contributed by atoms with Crippen molar-refractivity contribution in [2.24, 2.45) is 0 Å². The quantitative estimate of drug-likeness (QED) is 0.523. The van der Waals surface area contributed by atoms with Gasteiger partial charge in [0.15, 0.2) is 11.5 Å². The van der Waals surface area contributed by atoms with Crippen LogP contribution >= 0.6 is 0 Å². The summed E-state index contributed by atoms with van der Waals surface area (Å²) in [5, 5.41) is 5.08. The number of piperidine rings is 1. The maximum absolute atomic E-state index is 5.54. The molecule has 2 N–H and O–H groups in total. The predicted octanol–water partition coefficient (Wildman–Crippen LogP) is 5.87. The monoisotopic (exact) mass is 421 g/mol. The van der Waals surface area contributed by atoms with E-state index in [0.29, 0.717) is 18.0 Å². The molecule has 0 saturated carbocycles. The molecule has 1 fully saturated rings. The third-order valence-electron chi connectivity index (χ3n) is 6.67. The lowest BCUT2D eigenvalue weighted by atomic mass is 9.95. The van der Waals surface area contributed by atoms with Gasteiger partial charge in [0.1, 0.15) is 0 Å². The van der Waals surface area contributed by atoms with Crippen LogP contribution in [-0.4, -0.2) is 49.8 Å². The molecule has 4 rings (SSSR count). The minimum atomic E-state index is 0.385. The molecule has 166 valence electrons. The van der Waals surface area contributed by atoms with Gasteiger partial charge in [-0.1, -0.05) is 13.8 Å². The van der Waals surface area contributed by atoms with Gasteiger partial charge in [-0.2, -0.15) is 0 Å². The van der Waals surface area contributed by atoms with Gasteiger partial charge in [0.25, 0.3) is 0 Å². The number of rotatable bonds is 6. The van der Waals surface area contributed by atoms with E-state index in [1.54, 1.807) is 14.2 Å². The zero-order chi connectivity index (χ0) is 22.1. The third kappa shape index (κ3) is 4.24. The molecule has 0 radical (unpaired) electrons. The summed E-state index contributed by atoms with van der Waals surface area (Å²) in [5.41, 5.74) is 5.96. The number of nitrogens with zero attached hydrogens (tertiary/aromatic N) is 1. The number of methoxy groups -OCH3 is 2. The van der Waals surface area contributed by atoms with Crippen LogP contribution in [0.25, 0.3) is 22.2 Å². The van der Waals surface area contributed by atoms with Crippen molar-refractivity contribution in [3.05, 3.63) is 42.0 Å². The van der Waals surface area contributed by atoms with Crippen LogP contribution in [0.15, 0.2) is 36.4 Å². The summed E-state index contributed by atoms with van der Waals surface area (Å²) < 4.78 is 11.0. The highest BCUT2D eigenvalue weighted by molar-refractivity contribution is 5.93. The Bertz CT molecular complexity index is 1060. The second-order valence-corrected chi connectivity index (χ2v) is 9.09. The van der Waals surface area contributed by atoms with Gasteiger partial charge in [-0.25, -0.2) is 0 Å². The van der Waals surface area contributed by atoms with Crippen LogP contribution < -0.4 is 14.8 Å². The number of ether oxygens (including phenoxy) is 2. The normalized spacial score (nSPS) is 19.7. The zero-order valence-corrected chi connectivity index (χ0v) is 19.6. The lowest BCUT2D eigenvalue weighted by Gasteiger charge is -2.35. The number of hydrogen-bond donors (Lipinski definition) is 2. The van der Waals surface area contributed by atoms with E-state index in [0.717, 1.165) is 34.8 Å². The van der Waals surface area contributed by atoms with Crippen molar-refractivity contribution in [3.63, 3.8) is 0 Å². The lowest BCUT2D eigenvalue weighted by molar-refractivity contribution is 0.190. The first-order chi connectivity index (χ1) is 14.9. The molecule has 0 spiro atoms. The fourth-order valence-corrected chi connectivity index (χ4v) is 4.78. The lowest BCUT2D eigenvalue weighted by Crippen LogP contribution is -2.42. The van der Waals surface area contributed by atoms with Crippen LogP contribution in [0.3, 0.4) is 0 Å². The van der Waals surface area contributed by atoms with Crippen LogP contribution in [0.4, 0.5) is 5.69 Å². The number of benzene rings is 2. The summed E-state index contributed by atoms with van der Waals surface area (Å²) in [6.07, 6.45) is 2.36. The molecule has 31 heavy (non-hydrogen) atoms. The van der Waals surface area contributed by atoms with E-state index in [1.807, 2.05) is 6.07 Å². The first-order valence-electron chi connectivity index (χ1n) is 11.3. The third-order valence-corrected chi connectivity index (χ3v) is 6.67. The molecule has 3 aromatic rings. The molecule has 1 aliphatic rings. The molecule has 1 aliphatic heterocycles. The van der Waals surface area contributed by atoms with Crippen molar-refractivity contribution in [3.8, 4) is 22.8 Å². The van der Waals surface area contributed by atoms with Crippen LogP contribution in [-0.2, 0) is 0 Å². The number of likely N-dealkylation sites (tertiary alicyclic amines) is 1. The first-order valence-corrected chi connectivity index (χ1v) is 11.3. The Balaban J connectivity index is 1.71. The molecule has 2 unspecified atom stereocenters. The van der Waals surface area contributed by atoms with Gasteiger partial charge in [0.05, 0.1) is 19.9 Å². The number of aromatic nitrogens is 1. The highest BCUT2D eigenvalue weighted by Crippen LogP contribution is 2.39.